The Balaban J connectivity index is 0. The number of aldehydes is 1. The van der Waals surface area contributed by atoms with Crippen LogP contribution in [0, 0.1) is 0 Å². The van der Waals surface area contributed by atoms with Gasteiger partial charge in [0.15, 0.2) is 5.44 Å². The molecule has 0 aromatic heterocycles. The van der Waals surface area contributed by atoms with Crippen molar-refractivity contribution < 1.29 is 52.4 Å². The van der Waals surface area contributed by atoms with Gasteiger partial charge in [-0.1, -0.05) is 0 Å². The summed E-state index contributed by atoms with van der Waals surface area (Å²) in [6.07, 6.45) is -0.0261. The summed E-state index contributed by atoms with van der Waals surface area (Å²) in [5, 5.41) is 6.70. The minimum absolute atomic E-state index is 0. The van der Waals surface area contributed by atoms with E-state index in [9.17, 15) is 17.8 Å². The van der Waals surface area contributed by atoms with E-state index >= 15 is 0 Å². The van der Waals surface area contributed by atoms with E-state index in [1.807, 2.05) is 0 Å². The monoisotopic (exact) mass is 210 g/mol. The van der Waals surface area contributed by atoms with E-state index in [-0.39, 0.29) is 35.8 Å². The number of halogens is 1. The summed E-state index contributed by atoms with van der Waals surface area (Å²) in [5.74, 6) is 0. The van der Waals surface area contributed by atoms with E-state index in [4.69, 9.17) is 16.7 Å². The van der Waals surface area contributed by atoms with Crippen molar-refractivity contribution in [2.45, 2.75) is 10.8 Å². The number of carbonyl (C=O) groups excluding carboxylic acids is 1. The number of aliphatic hydroxyl groups is 1. The molecule has 0 aliphatic rings. The Morgan fingerprint density at radius 1 is 1.55 bits per heavy atom. The molecule has 60 valence electrons. The summed E-state index contributed by atoms with van der Waals surface area (Å²) in [4.78, 5) is 9.70. The van der Waals surface area contributed by atoms with Gasteiger partial charge in [-0.15, -0.1) is 11.6 Å². The molecule has 0 aliphatic heterocycles. The zero-order valence-electron chi connectivity index (χ0n) is 5.60. The van der Waals surface area contributed by atoms with Gasteiger partial charge >= 0.3 is 29.6 Å². The first kappa shape index (κ1) is 14.4. The Morgan fingerprint density at radius 2 is 1.91 bits per heavy atom. The van der Waals surface area contributed by atoms with Crippen LogP contribution in [0.25, 0.3) is 0 Å². The molecule has 2 unspecified atom stereocenters. The Morgan fingerprint density at radius 3 is 2.00 bits per heavy atom. The van der Waals surface area contributed by atoms with Gasteiger partial charge in [0.05, 0.1) is 0 Å². The van der Waals surface area contributed by atoms with E-state index in [1.165, 1.54) is 0 Å². The molecule has 0 heterocycles. The van der Waals surface area contributed by atoms with Crippen molar-refractivity contribution in [1.29, 1.82) is 0 Å². The van der Waals surface area contributed by atoms with Crippen LogP contribution < -0.4 is 29.6 Å². The van der Waals surface area contributed by atoms with Gasteiger partial charge in [0.1, 0.15) is 21.8 Å². The van der Waals surface area contributed by atoms with Gasteiger partial charge in [-0.25, -0.2) is 8.42 Å². The molecule has 0 saturated carbocycles. The molecule has 0 saturated heterocycles. The fraction of sp³-hybridized carbons (Fsp3) is 0.667. The van der Waals surface area contributed by atoms with Crippen molar-refractivity contribution >= 4 is 28.0 Å². The Labute approximate surface area is 90.8 Å². The summed E-state index contributed by atoms with van der Waals surface area (Å²) in [5.41, 5.74) is -2.35. The molecule has 0 radical (unpaired) electrons. The molecule has 0 aromatic carbocycles. The van der Waals surface area contributed by atoms with Gasteiger partial charge in [-0.2, -0.15) is 0 Å². The molecule has 0 aromatic rings. The SMILES string of the molecule is O=CC(Cl)C(O)S(=O)(=O)[O-].[Na+]. The topological polar surface area (TPSA) is 94.5 Å². The average molecular weight is 211 g/mol. The van der Waals surface area contributed by atoms with Gasteiger partial charge in [0.2, 0.25) is 0 Å². The third-order valence-electron chi connectivity index (χ3n) is 0.698. The Bertz CT molecular complexity index is 214. The van der Waals surface area contributed by atoms with Crippen molar-refractivity contribution in [3.8, 4) is 0 Å². The molecule has 11 heavy (non-hydrogen) atoms. The van der Waals surface area contributed by atoms with Crippen LogP contribution in [0.3, 0.4) is 0 Å². The van der Waals surface area contributed by atoms with Gasteiger partial charge in [0, 0.05) is 0 Å². The van der Waals surface area contributed by atoms with Crippen molar-refractivity contribution in [3.05, 3.63) is 0 Å². The van der Waals surface area contributed by atoms with E-state index in [0.717, 1.165) is 0 Å². The van der Waals surface area contributed by atoms with Crippen molar-refractivity contribution in [1.82, 2.24) is 0 Å². The first-order valence-electron chi connectivity index (χ1n) is 2.11. The molecular formula is C3H4ClNaO5S. The molecule has 0 aliphatic carbocycles. The largest absolute Gasteiger partial charge is 1.00 e. The number of carbonyl (C=O) groups is 1. The van der Waals surface area contributed by atoms with Crippen LogP contribution in [0.4, 0.5) is 0 Å². The second kappa shape index (κ2) is 5.47. The number of rotatable bonds is 3. The smallest absolute Gasteiger partial charge is 0.746 e. The first-order valence-corrected chi connectivity index (χ1v) is 4.02. The second-order valence-electron chi connectivity index (χ2n) is 1.46. The van der Waals surface area contributed by atoms with Gasteiger partial charge in [-0.3, -0.25) is 0 Å². The third-order valence-corrected chi connectivity index (χ3v) is 2.07. The van der Waals surface area contributed by atoms with E-state index < -0.39 is 20.9 Å². The predicted molar refractivity (Wildman–Crippen MR) is 31.4 cm³/mol. The summed E-state index contributed by atoms with van der Waals surface area (Å²) >= 11 is 4.90. The predicted octanol–water partition coefficient (Wildman–Crippen LogP) is -4.34. The van der Waals surface area contributed by atoms with Crippen LogP contribution in [-0.2, 0) is 14.9 Å². The van der Waals surface area contributed by atoms with Gasteiger partial charge < -0.3 is 14.5 Å². The third kappa shape index (κ3) is 5.13. The van der Waals surface area contributed by atoms with Crippen LogP contribution in [0.1, 0.15) is 0 Å². The van der Waals surface area contributed by atoms with Crippen molar-refractivity contribution in [2.24, 2.45) is 0 Å². The fourth-order valence-corrected chi connectivity index (χ4v) is 0.987. The molecule has 0 spiro atoms. The number of aliphatic hydroxyl groups excluding tert-OH is 1. The molecule has 5 nitrogen and oxygen atoms in total. The molecule has 8 heteroatoms. The maximum Gasteiger partial charge on any atom is 1.00 e. The molecule has 0 bridgehead atoms. The average Bonchev–Trinajstić information content (AvgIpc) is 1.83. The van der Waals surface area contributed by atoms with Crippen molar-refractivity contribution in [2.75, 3.05) is 0 Å². The number of hydrogen-bond acceptors (Lipinski definition) is 5. The summed E-state index contributed by atoms with van der Waals surface area (Å²) in [6.45, 7) is 0. The van der Waals surface area contributed by atoms with Crippen LogP contribution in [0.2, 0.25) is 0 Å². The number of hydrogen-bond donors (Lipinski definition) is 1. The quantitative estimate of drug-likeness (QED) is 0.220. The molecular weight excluding hydrogens is 207 g/mol. The van der Waals surface area contributed by atoms with Crippen LogP contribution >= 0.6 is 11.6 Å². The normalized spacial score (nSPS) is 16.3. The standard InChI is InChI=1S/C3H5ClO5S.Na/c4-2(1-5)3(6)10(7,8)9;/h1-3,6H,(H,7,8,9);/q;+1/p-1. The number of alkyl halides is 1. The fourth-order valence-electron chi connectivity index (χ4n) is 0.226. The first-order chi connectivity index (χ1) is 4.39. The van der Waals surface area contributed by atoms with Gasteiger partial charge in [0.25, 0.3) is 0 Å². The molecule has 0 rings (SSSR count). The second-order valence-corrected chi connectivity index (χ2v) is 3.44. The van der Waals surface area contributed by atoms with Crippen LogP contribution in [-0.4, -0.2) is 35.2 Å². The molecule has 0 amide bonds. The van der Waals surface area contributed by atoms with E-state index in [0.29, 0.717) is 0 Å². The van der Waals surface area contributed by atoms with E-state index in [1.54, 1.807) is 0 Å². The molecule has 0 fully saturated rings. The van der Waals surface area contributed by atoms with Crippen LogP contribution in [0.15, 0.2) is 0 Å². The minimum atomic E-state index is -4.87. The Kier molecular flexibility index (Phi) is 7.14. The zero-order chi connectivity index (χ0) is 8.36. The summed E-state index contributed by atoms with van der Waals surface area (Å²) in [7, 11) is -4.87. The maximum absolute atomic E-state index is 9.88. The van der Waals surface area contributed by atoms with Gasteiger partial charge in [-0.05, 0) is 0 Å². The Hall–Kier alpha value is 0.830. The molecule has 1 N–H and O–H groups in total. The summed E-state index contributed by atoms with van der Waals surface area (Å²) < 4.78 is 29.6. The molecule has 2 atom stereocenters. The zero-order valence-corrected chi connectivity index (χ0v) is 9.17. The van der Waals surface area contributed by atoms with Crippen molar-refractivity contribution in [3.63, 3.8) is 0 Å². The minimum Gasteiger partial charge on any atom is -0.746 e. The van der Waals surface area contributed by atoms with E-state index in [2.05, 4.69) is 0 Å². The summed E-state index contributed by atoms with van der Waals surface area (Å²) in [6, 6.07) is 0. The van der Waals surface area contributed by atoms with Crippen LogP contribution in [0.5, 0.6) is 0 Å². The maximum atomic E-state index is 9.88.